The van der Waals surface area contributed by atoms with Crippen molar-refractivity contribution in [1.29, 1.82) is 0 Å². The van der Waals surface area contributed by atoms with E-state index in [9.17, 15) is 8.42 Å². The highest BCUT2D eigenvalue weighted by molar-refractivity contribution is 7.89. The molecule has 0 bridgehead atoms. The first kappa shape index (κ1) is 11.1. The molecule has 0 aliphatic heterocycles. The molecule has 0 aliphatic rings. The maximum Gasteiger partial charge on any atom is 0.260 e. The van der Waals surface area contributed by atoms with Gasteiger partial charge in [-0.1, -0.05) is 0 Å². The Morgan fingerprint density at radius 2 is 2.14 bits per heavy atom. The van der Waals surface area contributed by atoms with Crippen molar-refractivity contribution in [3.63, 3.8) is 0 Å². The zero-order chi connectivity index (χ0) is 10.8. The minimum absolute atomic E-state index is 0.0472. The highest BCUT2D eigenvalue weighted by Gasteiger charge is 2.18. The van der Waals surface area contributed by atoms with Gasteiger partial charge in [0.15, 0.2) is 5.03 Å². The van der Waals surface area contributed by atoms with Crippen LogP contribution in [0.2, 0.25) is 0 Å². The summed E-state index contributed by atoms with van der Waals surface area (Å²) < 4.78 is 24.2. The Hall–Kier alpha value is -0.980. The highest BCUT2D eigenvalue weighted by atomic mass is 32.2. The summed E-state index contributed by atoms with van der Waals surface area (Å²) in [6, 6.07) is 2.92. The third kappa shape index (κ3) is 2.09. The molecule has 0 aliphatic carbocycles. The lowest BCUT2D eigenvalue weighted by molar-refractivity contribution is 0.281. The van der Waals surface area contributed by atoms with Crippen LogP contribution in [0.1, 0.15) is 5.56 Å². The zero-order valence-corrected chi connectivity index (χ0v) is 8.82. The third-order valence-electron chi connectivity index (χ3n) is 1.73. The molecule has 14 heavy (non-hydrogen) atoms. The molecule has 0 saturated heterocycles. The van der Waals surface area contributed by atoms with E-state index >= 15 is 0 Å². The van der Waals surface area contributed by atoms with Crippen molar-refractivity contribution in [1.82, 2.24) is 9.29 Å². The van der Waals surface area contributed by atoms with Gasteiger partial charge in [0.05, 0.1) is 6.61 Å². The van der Waals surface area contributed by atoms with Crippen LogP contribution in [-0.4, -0.2) is 36.9 Å². The maximum atomic E-state index is 11.6. The SMILES string of the molecule is CN(C)S(=O)(=O)c1cc(CO)ccn1. The molecule has 0 unspecified atom stereocenters. The second kappa shape index (κ2) is 4.04. The van der Waals surface area contributed by atoms with Crippen molar-refractivity contribution in [2.45, 2.75) is 11.6 Å². The van der Waals surface area contributed by atoms with E-state index in [-0.39, 0.29) is 11.6 Å². The number of aliphatic hydroxyl groups excluding tert-OH is 1. The van der Waals surface area contributed by atoms with Gasteiger partial charge in [0.1, 0.15) is 0 Å². The molecule has 1 aromatic rings. The normalized spacial score (nSPS) is 12.0. The minimum atomic E-state index is -3.50. The number of nitrogens with zero attached hydrogens (tertiary/aromatic N) is 2. The van der Waals surface area contributed by atoms with Crippen LogP contribution in [-0.2, 0) is 16.6 Å². The predicted molar refractivity (Wildman–Crippen MR) is 51.0 cm³/mol. The van der Waals surface area contributed by atoms with E-state index in [2.05, 4.69) is 4.98 Å². The van der Waals surface area contributed by atoms with E-state index in [1.165, 1.54) is 26.4 Å². The maximum absolute atomic E-state index is 11.6. The van der Waals surface area contributed by atoms with Crippen LogP contribution in [0, 0.1) is 0 Å². The minimum Gasteiger partial charge on any atom is -0.392 e. The lowest BCUT2D eigenvalue weighted by Crippen LogP contribution is -2.23. The average molecular weight is 216 g/mol. The number of aromatic nitrogens is 1. The Labute approximate surface area is 83.1 Å². The fourth-order valence-corrected chi connectivity index (χ4v) is 1.75. The molecule has 1 rings (SSSR count). The van der Waals surface area contributed by atoms with Crippen LogP contribution in [0.5, 0.6) is 0 Å². The van der Waals surface area contributed by atoms with Crippen LogP contribution in [0.4, 0.5) is 0 Å². The van der Waals surface area contributed by atoms with Crippen LogP contribution in [0.15, 0.2) is 23.4 Å². The van der Waals surface area contributed by atoms with Gasteiger partial charge in [0.2, 0.25) is 0 Å². The lowest BCUT2D eigenvalue weighted by Gasteiger charge is -2.10. The largest absolute Gasteiger partial charge is 0.392 e. The number of pyridine rings is 1. The molecular formula is C8H12N2O3S. The van der Waals surface area contributed by atoms with Crippen LogP contribution >= 0.6 is 0 Å². The third-order valence-corrected chi connectivity index (χ3v) is 3.44. The summed E-state index contributed by atoms with van der Waals surface area (Å²) >= 11 is 0. The fraction of sp³-hybridized carbons (Fsp3) is 0.375. The average Bonchev–Trinajstić information content (AvgIpc) is 2.17. The first-order valence-electron chi connectivity index (χ1n) is 3.97. The van der Waals surface area contributed by atoms with Crippen molar-refractivity contribution in [3.8, 4) is 0 Å². The summed E-state index contributed by atoms with van der Waals surface area (Å²) in [5.74, 6) is 0. The van der Waals surface area contributed by atoms with Gasteiger partial charge in [-0.3, -0.25) is 0 Å². The molecule has 78 valence electrons. The van der Waals surface area contributed by atoms with Crippen molar-refractivity contribution < 1.29 is 13.5 Å². The Morgan fingerprint density at radius 3 is 2.64 bits per heavy atom. The zero-order valence-electron chi connectivity index (χ0n) is 8.01. The molecular weight excluding hydrogens is 204 g/mol. The summed E-state index contributed by atoms with van der Waals surface area (Å²) in [7, 11) is -0.632. The summed E-state index contributed by atoms with van der Waals surface area (Å²) in [5, 5.41) is 8.78. The van der Waals surface area contributed by atoms with Gasteiger partial charge in [-0.2, -0.15) is 0 Å². The van der Waals surface area contributed by atoms with E-state index in [1.54, 1.807) is 6.07 Å². The smallest absolute Gasteiger partial charge is 0.260 e. The molecule has 0 spiro atoms. The predicted octanol–water partition coefficient (Wildman–Crippen LogP) is -0.176. The molecule has 5 nitrogen and oxygen atoms in total. The number of aliphatic hydroxyl groups is 1. The molecule has 1 N–H and O–H groups in total. The molecule has 0 aromatic carbocycles. The van der Waals surface area contributed by atoms with Gasteiger partial charge in [-0.05, 0) is 17.7 Å². The second-order valence-corrected chi connectivity index (χ2v) is 5.05. The summed E-state index contributed by atoms with van der Waals surface area (Å²) in [6.07, 6.45) is 1.36. The molecule has 0 radical (unpaired) electrons. The van der Waals surface area contributed by atoms with E-state index in [1.807, 2.05) is 0 Å². The van der Waals surface area contributed by atoms with E-state index in [0.29, 0.717) is 5.56 Å². The Kier molecular flexibility index (Phi) is 3.20. The quantitative estimate of drug-likeness (QED) is 0.761. The first-order chi connectivity index (χ1) is 6.48. The van der Waals surface area contributed by atoms with E-state index < -0.39 is 10.0 Å². The standard InChI is InChI=1S/C8H12N2O3S/c1-10(2)14(12,13)8-5-7(6-11)3-4-9-8/h3-5,11H,6H2,1-2H3. The van der Waals surface area contributed by atoms with Gasteiger partial charge in [0.25, 0.3) is 10.0 Å². The molecule has 1 heterocycles. The van der Waals surface area contributed by atoms with Crippen molar-refractivity contribution >= 4 is 10.0 Å². The number of rotatable bonds is 3. The number of hydrogen-bond acceptors (Lipinski definition) is 4. The molecule has 6 heteroatoms. The van der Waals surface area contributed by atoms with Crippen LogP contribution in [0.25, 0.3) is 0 Å². The Morgan fingerprint density at radius 1 is 1.50 bits per heavy atom. The topological polar surface area (TPSA) is 70.5 Å². The van der Waals surface area contributed by atoms with E-state index in [0.717, 1.165) is 4.31 Å². The van der Waals surface area contributed by atoms with Crippen molar-refractivity contribution in [2.24, 2.45) is 0 Å². The first-order valence-corrected chi connectivity index (χ1v) is 5.41. The van der Waals surface area contributed by atoms with Crippen molar-refractivity contribution in [3.05, 3.63) is 23.9 Å². The lowest BCUT2D eigenvalue weighted by atomic mass is 10.3. The number of sulfonamides is 1. The highest BCUT2D eigenvalue weighted by Crippen LogP contribution is 2.11. The monoisotopic (exact) mass is 216 g/mol. The van der Waals surface area contributed by atoms with Crippen LogP contribution < -0.4 is 0 Å². The molecule has 0 atom stereocenters. The fourth-order valence-electron chi connectivity index (χ4n) is 0.877. The molecule has 1 aromatic heterocycles. The summed E-state index contributed by atoms with van der Waals surface area (Å²) in [6.45, 7) is -0.196. The van der Waals surface area contributed by atoms with Gasteiger partial charge >= 0.3 is 0 Å². The van der Waals surface area contributed by atoms with Crippen LogP contribution in [0.3, 0.4) is 0 Å². The second-order valence-electron chi connectivity index (χ2n) is 2.95. The van der Waals surface area contributed by atoms with Gasteiger partial charge in [-0.15, -0.1) is 0 Å². The Bertz CT molecular complexity index is 414. The molecule has 0 fully saturated rings. The Balaban J connectivity index is 3.20. The van der Waals surface area contributed by atoms with Gasteiger partial charge in [0, 0.05) is 20.3 Å². The van der Waals surface area contributed by atoms with Crippen molar-refractivity contribution in [2.75, 3.05) is 14.1 Å². The molecule has 0 saturated carbocycles. The summed E-state index contributed by atoms with van der Waals surface area (Å²) in [5.41, 5.74) is 0.528. The summed E-state index contributed by atoms with van der Waals surface area (Å²) in [4.78, 5) is 3.74. The van der Waals surface area contributed by atoms with E-state index in [4.69, 9.17) is 5.11 Å². The van der Waals surface area contributed by atoms with Gasteiger partial charge in [-0.25, -0.2) is 17.7 Å². The number of hydrogen-bond donors (Lipinski definition) is 1. The molecule has 0 amide bonds. The van der Waals surface area contributed by atoms with Gasteiger partial charge < -0.3 is 5.11 Å².